The normalized spacial score (nSPS) is 17.4. The molecule has 0 atom stereocenters. The summed E-state index contributed by atoms with van der Waals surface area (Å²) < 4.78 is 13.9. The van der Waals surface area contributed by atoms with E-state index < -0.39 is 5.82 Å². The number of piperazine rings is 1. The van der Waals surface area contributed by atoms with E-state index in [1.807, 2.05) is 4.90 Å². The second kappa shape index (κ2) is 7.84. The van der Waals surface area contributed by atoms with Gasteiger partial charge in [0.05, 0.1) is 11.3 Å². The van der Waals surface area contributed by atoms with Gasteiger partial charge >= 0.3 is 0 Å². The van der Waals surface area contributed by atoms with Crippen LogP contribution in [0.1, 0.15) is 20.9 Å². The summed E-state index contributed by atoms with van der Waals surface area (Å²) in [4.78, 5) is 35.5. The maximum Gasteiger partial charge on any atom is 0.259 e. The van der Waals surface area contributed by atoms with Gasteiger partial charge in [-0.3, -0.25) is 14.9 Å². The number of nitrogens with zero attached hydrogens (tertiary/aromatic N) is 4. The van der Waals surface area contributed by atoms with Crippen molar-refractivity contribution in [1.82, 2.24) is 14.8 Å². The van der Waals surface area contributed by atoms with Crippen LogP contribution in [0.15, 0.2) is 18.2 Å². The lowest BCUT2D eigenvalue weighted by Gasteiger charge is -2.35. The number of benzene rings is 1. The Hall–Kier alpha value is -2.52. The number of hydrogen-bond donors (Lipinski definition) is 1. The molecule has 0 spiro atoms. The lowest BCUT2D eigenvalue weighted by molar-refractivity contribution is -0.118. The Labute approximate surface area is 166 Å². The fraction of sp³-hybridized carbons (Fsp3) is 0.421. The van der Waals surface area contributed by atoms with E-state index in [1.54, 1.807) is 11.0 Å². The van der Waals surface area contributed by atoms with Crippen molar-refractivity contribution in [3.8, 4) is 0 Å². The Morgan fingerprint density at radius 1 is 1.25 bits per heavy atom. The van der Waals surface area contributed by atoms with Gasteiger partial charge < -0.3 is 14.7 Å². The Morgan fingerprint density at radius 3 is 2.79 bits per heavy atom. The molecule has 0 bridgehead atoms. The van der Waals surface area contributed by atoms with E-state index in [4.69, 9.17) is 0 Å². The number of fused-ring (bicyclic) bond motifs is 1. The lowest BCUT2D eigenvalue weighted by atomic mass is 10.1. The van der Waals surface area contributed by atoms with Crippen molar-refractivity contribution in [1.29, 1.82) is 0 Å². The molecule has 1 N–H and O–H groups in total. The minimum Gasteiger partial charge on any atom is -0.367 e. The number of halogens is 1. The molecule has 2 aromatic rings. The van der Waals surface area contributed by atoms with Crippen LogP contribution in [0.5, 0.6) is 0 Å². The molecular weight excluding hydrogens is 381 g/mol. The molecule has 3 heterocycles. The van der Waals surface area contributed by atoms with Crippen molar-refractivity contribution in [3.63, 3.8) is 0 Å². The number of hydrogen-bond acceptors (Lipinski definition) is 6. The number of carbonyl (C=O) groups excluding carboxylic acids is 2. The summed E-state index contributed by atoms with van der Waals surface area (Å²) in [5.41, 5.74) is 1.98. The fourth-order valence-corrected chi connectivity index (χ4v) is 4.66. The Morgan fingerprint density at radius 2 is 2.04 bits per heavy atom. The molecular formula is C19H22FN5O2S. The highest BCUT2D eigenvalue weighted by Crippen LogP contribution is 2.29. The quantitative estimate of drug-likeness (QED) is 0.789. The Bertz CT molecular complexity index is 894. The first-order valence-electron chi connectivity index (χ1n) is 9.26. The van der Waals surface area contributed by atoms with Crippen molar-refractivity contribution in [2.75, 3.05) is 50.0 Å². The van der Waals surface area contributed by atoms with Crippen molar-refractivity contribution in [2.45, 2.75) is 13.0 Å². The predicted molar refractivity (Wildman–Crippen MR) is 106 cm³/mol. The summed E-state index contributed by atoms with van der Waals surface area (Å²) >= 11 is 1.47. The zero-order chi connectivity index (χ0) is 19.7. The van der Waals surface area contributed by atoms with Gasteiger partial charge in [-0.05, 0) is 25.2 Å². The molecule has 9 heteroatoms. The zero-order valence-electron chi connectivity index (χ0n) is 15.7. The molecule has 1 fully saturated rings. The molecule has 2 aliphatic heterocycles. The standard InChI is InChI=1S/C19H22FN5O2S/c1-23-5-4-15-17(11-23)28-19(21-15)22-18(27)14-10-13(20)2-3-16(14)25-8-6-24(12-26)7-9-25/h2-3,10,12H,4-9,11H2,1H3,(H,21,22,27). The van der Waals surface area contributed by atoms with Crippen LogP contribution in [0.3, 0.4) is 0 Å². The third-order valence-electron chi connectivity index (χ3n) is 5.15. The first-order chi connectivity index (χ1) is 13.5. The van der Waals surface area contributed by atoms with Gasteiger partial charge in [0.25, 0.3) is 5.91 Å². The second-order valence-corrected chi connectivity index (χ2v) is 8.20. The van der Waals surface area contributed by atoms with E-state index in [9.17, 15) is 14.0 Å². The maximum absolute atomic E-state index is 13.9. The van der Waals surface area contributed by atoms with E-state index in [0.29, 0.717) is 37.0 Å². The number of rotatable bonds is 4. The summed E-state index contributed by atoms with van der Waals surface area (Å²) in [5, 5.41) is 3.39. The highest BCUT2D eigenvalue weighted by atomic mass is 32.1. The van der Waals surface area contributed by atoms with E-state index in [1.165, 1.54) is 23.5 Å². The monoisotopic (exact) mass is 403 g/mol. The molecule has 0 saturated carbocycles. The van der Waals surface area contributed by atoms with Crippen LogP contribution in [0.2, 0.25) is 0 Å². The lowest BCUT2D eigenvalue weighted by Crippen LogP contribution is -2.46. The Kier molecular flexibility index (Phi) is 5.27. The van der Waals surface area contributed by atoms with E-state index in [-0.39, 0.29) is 11.5 Å². The SMILES string of the molecule is CN1CCc2nc(NC(=O)c3cc(F)ccc3N3CCN(C=O)CC3)sc2C1. The number of nitrogens with one attached hydrogen (secondary N) is 1. The smallest absolute Gasteiger partial charge is 0.259 e. The highest BCUT2D eigenvalue weighted by Gasteiger charge is 2.23. The first kappa shape index (κ1) is 18.8. The molecule has 4 rings (SSSR count). The summed E-state index contributed by atoms with van der Waals surface area (Å²) in [6.45, 7) is 4.13. The summed E-state index contributed by atoms with van der Waals surface area (Å²) in [6, 6.07) is 4.25. The number of carbonyl (C=O) groups is 2. The van der Waals surface area contributed by atoms with Crippen molar-refractivity contribution in [2.24, 2.45) is 0 Å². The topological polar surface area (TPSA) is 68.8 Å². The summed E-state index contributed by atoms with van der Waals surface area (Å²) in [5.74, 6) is -0.827. The third kappa shape index (κ3) is 3.85. The van der Waals surface area contributed by atoms with Gasteiger partial charge in [-0.25, -0.2) is 9.37 Å². The number of thiazole rings is 1. The molecule has 148 valence electrons. The van der Waals surface area contributed by atoms with Crippen molar-refractivity contribution in [3.05, 3.63) is 40.2 Å². The molecule has 0 radical (unpaired) electrons. The molecule has 2 amide bonds. The molecule has 1 aromatic heterocycles. The second-order valence-electron chi connectivity index (χ2n) is 7.12. The average molecular weight is 403 g/mol. The van der Waals surface area contributed by atoms with Crippen LogP contribution in [0.4, 0.5) is 15.2 Å². The molecule has 1 saturated heterocycles. The molecule has 7 nitrogen and oxygen atoms in total. The van der Waals surface area contributed by atoms with Gasteiger partial charge in [-0.1, -0.05) is 0 Å². The van der Waals surface area contributed by atoms with E-state index in [2.05, 4.69) is 22.2 Å². The predicted octanol–water partition coefficient (Wildman–Crippen LogP) is 1.80. The minimum absolute atomic E-state index is 0.282. The number of amides is 2. The van der Waals surface area contributed by atoms with Crippen LogP contribution in [-0.2, 0) is 17.8 Å². The van der Waals surface area contributed by atoms with Crippen molar-refractivity contribution >= 4 is 34.5 Å². The van der Waals surface area contributed by atoms with Crippen LogP contribution in [0.25, 0.3) is 0 Å². The maximum atomic E-state index is 13.9. The van der Waals surface area contributed by atoms with Gasteiger partial charge in [0.15, 0.2) is 5.13 Å². The van der Waals surface area contributed by atoms with Gasteiger partial charge in [0.1, 0.15) is 5.82 Å². The van der Waals surface area contributed by atoms with Crippen LogP contribution >= 0.6 is 11.3 Å². The van der Waals surface area contributed by atoms with Gasteiger partial charge in [-0.2, -0.15) is 0 Å². The van der Waals surface area contributed by atoms with Crippen LogP contribution < -0.4 is 10.2 Å². The van der Waals surface area contributed by atoms with E-state index in [0.717, 1.165) is 36.5 Å². The zero-order valence-corrected chi connectivity index (χ0v) is 16.5. The molecule has 1 aromatic carbocycles. The molecule has 0 aliphatic carbocycles. The number of anilines is 2. The molecule has 28 heavy (non-hydrogen) atoms. The largest absolute Gasteiger partial charge is 0.367 e. The first-order valence-corrected chi connectivity index (χ1v) is 10.1. The van der Waals surface area contributed by atoms with Gasteiger partial charge in [-0.15, -0.1) is 11.3 Å². The van der Waals surface area contributed by atoms with Crippen molar-refractivity contribution < 1.29 is 14.0 Å². The van der Waals surface area contributed by atoms with Crippen LogP contribution in [-0.4, -0.2) is 66.9 Å². The van der Waals surface area contributed by atoms with E-state index >= 15 is 0 Å². The minimum atomic E-state index is -0.458. The number of aromatic nitrogens is 1. The van der Waals surface area contributed by atoms with Gasteiger partial charge in [0, 0.05) is 56.3 Å². The molecule has 2 aliphatic rings. The van der Waals surface area contributed by atoms with Gasteiger partial charge in [0.2, 0.25) is 6.41 Å². The average Bonchev–Trinajstić information content (AvgIpc) is 3.09. The fourth-order valence-electron chi connectivity index (χ4n) is 3.58. The summed E-state index contributed by atoms with van der Waals surface area (Å²) in [6.07, 6.45) is 1.70. The van der Waals surface area contributed by atoms with Crippen LogP contribution in [0, 0.1) is 5.82 Å². The molecule has 0 unspecified atom stereocenters. The Balaban J connectivity index is 1.54. The third-order valence-corrected chi connectivity index (χ3v) is 6.15. The highest BCUT2D eigenvalue weighted by molar-refractivity contribution is 7.15. The number of likely N-dealkylation sites (N-methyl/N-ethyl adjacent to an activating group) is 1. The summed E-state index contributed by atoms with van der Waals surface area (Å²) in [7, 11) is 2.06.